The Hall–Kier alpha value is -0.640. The molecule has 0 spiro atoms. The highest BCUT2D eigenvalue weighted by molar-refractivity contribution is 9.10. The summed E-state index contributed by atoms with van der Waals surface area (Å²) in [6.45, 7) is 4.31. The molecule has 0 radical (unpaired) electrons. The van der Waals surface area contributed by atoms with Crippen molar-refractivity contribution in [3.8, 4) is 0 Å². The van der Waals surface area contributed by atoms with Crippen molar-refractivity contribution < 1.29 is 0 Å². The molecule has 2 rings (SSSR count). The van der Waals surface area contributed by atoms with Gasteiger partial charge in [0.25, 0.3) is 0 Å². The zero-order chi connectivity index (χ0) is 11.5. The maximum Gasteiger partial charge on any atom is 0.131 e. The summed E-state index contributed by atoms with van der Waals surface area (Å²) in [6.07, 6.45) is 4.94. The maximum atomic E-state index is 4.48. The van der Waals surface area contributed by atoms with Crippen LogP contribution >= 0.6 is 15.9 Å². The molecule has 0 bridgehead atoms. The Labute approximate surface area is 105 Å². The first kappa shape index (κ1) is 11.8. The number of aryl methyl sites for hydroxylation is 1. The van der Waals surface area contributed by atoms with Crippen LogP contribution < -0.4 is 5.32 Å². The molecular weight excluding hydrogens is 266 g/mol. The number of halogens is 1. The van der Waals surface area contributed by atoms with Crippen molar-refractivity contribution in [2.45, 2.75) is 45.6 Å². The van der Waals surface area contributed by atoms with Gasteiger partial charge in [-0.25, -0.2) is 9.97 Å². The highest BCUT2D eigenvalue weighted by Crippen LogP contribution is 2.30. The molecular formula is C12H18BrN3. The van der Waals surface area contributed by atoms with E-state index in [4.69, 9.17) is 0 Å². The smallest absolute Gasteiger partial charge is 0.131 e. The average Bonchev–Trinajstić information content (AvgIpc) is 2.13. The fourth-order valence-corrected chi connectivity index (χ4v) is 2.41. The van der Waals surface area contributed by atoms with Gasteiger partial charge >= 0.3 is 0 Å². The molecule has 1 aromatic heterocycles. The van der Waals surface area contributed by atoms with E-state index in [0.29, 0.717) is 6.04 Å². The summed E-state index contributed by atoms with van der Waals surface area (Å²) in [7, 11) is 0. The van der Waals surface area contributed by atoms with Crippen molar-refractivity contribution in [2.24, 2.45) is 5.92 Å². The minimum atomic E-state index is 0.514. The number of anilines is 1. The molecule has 1 N–H and O–H groups in total. The summed E-state index contributed by atoms with van der Waals surface area (Å²) in [5.74, 6) is 2.65. The van der Waals surface area contributed by atoms with E-state index in [1.807, 2.05) is 6.07 Å². The van der Waals surface area contributed by atoms with Crippen LogP contribution in [0.2, 0.25) is 0 Å². The summed E-state index contributed by atoms with van der Waals surface area (Å²) in [4.78, 5) is 8.78. The predicted octanol–water partition coefficient (Wildman–Crippen LogP) is 3.40. The largest absolute Gasteiger partial charge is 0.367 e. The van der Waals surface area contributed by atoms with E-state index in [1.54, 1.807) is 0 Å². The lowest BCUT2D eigenvalue weighted by molar-refractivity contribution is 0.285. The molecule has 3 nitrogen and oxygen atoms in total. The summed E-state index contributed by atoms with van der Waals surface area (Å²) < 4.78 is 0.864. The molecule has 1 atom stereocenters. The topological polar surface area (TPSA) is 37.8 Å². The van der Waals surface area contributed by atoms with Crippen LogP contribution in [0.1, 0.15) is 38.9 Å². The normalized spacial score (nSPS) is 17.9. The predicted molar refractivity (Wildman–Crippen MR) is 69.5 cm³/mol. The van der Waals surface area contributed by atoms with Crippen LogP contribution in [0.3, 0.4) is 0 Å². The molecule has 1 aliphatic rings. The molecule has 16 heavy (non-hydrogen) atoms. The van der Waals surface area contributed by atoms with Gasteiger partial charge in [-0.2, -0.15) is 0 Å². The van der Waals surface area contributed by atoms with E-state index in [2.05, 4.69) is 45.1 Å². The van der Waals surface area contributed by atoms with Crippen LogP contribution in [0.25, 0.3) is 0 Å². The van der Waals surface area contributed by atoms with Crippen molar-refractivity contribution >= 4 is 21.7 Å². The lowest BCUT2D eigenvalue weighted by Gasteiger charge is -2.32. The van der Waals surface area contributed by atoms with Crippen LogP contribution in [-0.2, 0) is 6.42 Å². The lowest BCUT2D eigenvalue weighted by atomic mass is 9.80. The molecule has 0 saturated heterocycles. The molecule has 0 aromatic carbocycles. The highest BCUT2D eigenvalue weighted by Gasteiger charge is 2.24. The molecule has 0 amide bonds. The second-order valence-electron chi connectivity index (χ2n) is 4.47. The minimum absolute atomic E-state index is 0.514. The van der Waals surface area contributed by atoms with Crippen molar-refractivity contribution in [3.05, 3.63) is 16.5 Å². The first-order valence-corrected chi connectivity index (χ1v) is 6.78. The van der Waals surface area contributed by atoms with Gasteiger partial charge in [0.1, 0.15) is 16.2 Å². The van der Waals surface area contributed by atoms with E-state index in [0.717, 1.165) is 28.6 Å². The third-order valence-electron chi connectivity index (χ3n) is 3.29. The summed E-state index contributed by atoms with van der Waals surface area (Å²) >= 11 is 3.42. The van der Waals surface area contributed by atoms with Gasteiger partial charge in [-0.05, 0) is 41.6 Å². The monoisotopic (exact) mass is 283 g/mol. The Kier molecular flexibility index (Phi) is 3.79. The number of hydrogen-bond acceptors (Lipinski definition) is 3. The van der Waals surface area contributed by atoms with Gasteiger partial charge in [-0.3, -0.25) is 0 Å². The van der Waals surface area contributed by atoms with Crippen LogP contribution in [0.15, 0.2) is 10.7 Å². The number of nitrogens with one attached hydrogen (secondary N) is 1. The molecule has 0 aliphatic heterocycles. The fourth-order valence-electron chi connectivity index (χ4n) is 1.99. The van der Waals surface area contributed by atoms with Crippen molar-refractivity contribution in [1.29, 1.82) is 0 Å². The fraction of sp³-hybridized carbons (Fsp3) is 0.667. The first-order valence-electron chi connectivity index (χ1n) is 5.99. The molecule has 88 valence electrons. The molecule has 1 aromatic rings. The van der Waals surface area contributed by atoms with Gasteiger partial charge < -0.3 is 5.32 Å². The van der Waals surface area contributed by atoms with Gasteiger partial charge in [-0.15, -0.1) is 0 Å². The van der Waals surface area contributed by atoms with Crippen LogP contribution in [-0.4, -0.2) is 16.0 Å². The van der Waals surface area contributed by atoms with E-state index in [9.17, 15) is 0 Å². The third-order valence-corrected chi connectivity index (χ3v) is 3.70. The van der Waals surface area contributed by atoms with E-state index >= 15 is 0 Å². The summed E-state index contributed by atoms with van der Waals surface area (Å²) in [6, 6.07) is 2.47. The van der Waals surface area contributed by atoms with E-state index in [-0.39, 0.29) is 0 Å². The van der Waals surface area contributed by atoms with Crippen LogP contribution in [0.5, 0.6) is 0 Å². The molecule has 1 fully saturated rings. The zero-order valence-electron chi connectivity index (χ0n) is 9.83. The summed E-state index contributed by atoms with van der Waals surface area (Å²) in [5.41, 5.74) is 0. The van der Waals surface area contributed by atoms with E-state index < -0.39 is 0 Å². The molecule has 4 heteroatoms. The second kappa shape index (κ2) is 5.13. The Morgan fingerprint density at radius 3 is 2.81 bits per heavy atom. The van der Waals surface area contributed by atoms with Gasteiger partial charge in [0.05, 0.1) is 0 Å². The van der Waals surface area contributed by atoms with Gasteiger partial charge in [0.2, 0.25) is 0 Å². The van der Waals surface area contributed by atoms with Crippen molar-refractivity contribution in [2.75, 3.05) is 5.32 Å². The van der Waals surface area contributed by atoms with E-state index in [1.165, 1.54) is 19.3 Å². The third kappa shape index (κ3) is 2.73. The number of hydrogen-bond donors (Lipinski definition) is 1. The Balaban J connectivity index is 2.04. The molecule has 1 unspecified atom stereocenters. The first-order chi connectivity index (χ1) is 7.69. The van der Waals surface area contributed by atoms with Crippen LogP contribution in [0, 0.1) is 5.92 Å². The molecule has 1 saturated carbocycles. The molecule has 1 aliphatic carbocycles. The van der Waals surface area contributed by atoms with Crippen molar-refractivity contribution in [1.82, 2.24) is 9.97 Å². The molecule has 1 heterocycles. The van der Waals surface area contributed by atoms with Crippen molar-refractivity contribution in [3.63, 3.8) is 0 Å². The highest BCUT2D eigenvalue weighted by atomic mass is 79.9. The number of aromatic nitrogens is 2. The number of nitrogens with zero attached hydrogens (tertiary/aromatic N) is 2. The summed E-state index contributed by atoms with van der Waals surface area (Å²) in [5, 5.41) is 3.48. The zero-order valence-corrected chi connectivity index (χ0v) is 11.4. The van der Waals surface area contributed by atoms with Gasteiger partial charge in [-0.1, -0.05) is 13.3 Å². The Bertz CT molecular complexity index is 363. The lowest BCUT2D eigenvalue weighted by Crippen LogP contribution is -2.31. The second-order valence-corrected chi connectivity index (χ2v) is 5.28. The Morgan fingerprint density at radius 2 is 2.25 bits per heavy atom. The minimum Gasteiger partial charge on any atom is -0.367 e. The SMILES string of the molecule is CCc1nc(Br)cc(NC(C)C2CCC2)n1. The van der Waals surface area contributed by atoms with Crippen LogP contribution in [0.4, 0.5) is 5.82 Å². The standard InChI is InChI=1S/C12H18BrN3/c1-3-11-15-10(13)7-12(16-11)14-8(2)9-5-4-6-9/h7-9H,3-6H2,1-2H3,(H,14,15,16). The van der Waals surface area contributed by atoms with Gasteiger partial charge in [0, 0.05) is 18.5 Å². The average molecular weight is 284 g/mol. The maximum absolute atomic E-state index is 4.48. The quantitative estimate of drug-likeness (QED) is 0.861. The number of rotatable bonds is 4. The Morgan fingerprint density at radius 1 is 1.50 bits per heavy atom. The van der Waals surface area contributed by atoms with Gasteiger partial charge in [0.15, 0.2) is 0 Å².